The molecule has 28 valence electrons. The first-order valence-electron chi connectivity index (χ1n) is 1.64. The number of aliphatic hydroxyl groups is 1. The topological polar surface area (TPSA) is 46.2 Å². The highest BCUT2D eigenvalue weighted by molar-refractivity contribution is 7.01. The Morgan fingerprint density at radius 1 is 2.00 bits per heavy atom. The fraction of sp³-hybridized carbons (Fsp3) is 1.00. The monoisotopic (exact) mass is 71.1 g/mol. The van der Waals surface area contributed by atoms with Gasteiger partial charge in [0.2, 0.25) is 6.74 Å². The molecular formula is CH7B2NO. The molecule has 0 aromatic carbocycles. The first-order valence-corrected chi connectivity index (χ1v) is 1.64. The van der Waals surface area contributed by atoms with Crippen molar-refractivity contribution in [2.75, 3.05) is 6.51 Å². The SMILES string of the molecule is BB(N)CO. The van der Waals surface area contributed by atoms with Crippen LogP contribution in [-0.2, 0) is 0 Å². The molecule has 0 bridgehead atoms. The van der Waals surface area contributed by atoms with Gasteiger partial charge in [-0.25, -0.2) is 0 Å². The summed E-state index contributed by atoms with van der Waals surface area (Å²) in [7, 11) is 1.75. The van der Waals surface area contributed by atoms with Crippen molar-refractivity contribution in [2.24, 2.45) is 5.64 Å². The molecule has 0 aliphatic rings. The Kier molecular flexibility index (Phi) is 2.32. The molecule has 0 radical (unpaired) electrons. The molecule has 2 nitrogen and oxygen atoms in total. The van der Waals surface area contributed by atoms with Crippen LogP contribution in [0.25, 0.3) is 0 Å². The standard InChI is InChI=1S/CH7B2NO/c2-3(4)1-5/h5H,1-2,4H2. The van der Waals surface area contributed by atoms with Gasteiger partial charge in [0.05, 0.1) is 7.74 Å². The van der Waals surface area contributed by atoms with Crippen molar-refractivity contribution in [2.45, 2.75) is 0 Å². The van der Waals surface area contributed by atoms with Crippen LogP contribution in [0, 0.1) is 0 Å². The van der Waals surface area contributed by atoms with Crippen molar-refractivity contribution in [1.82, 2.24) is 0 Å². The predicted octanol–water partition coefficient (Wildman–Crippen LogP) is -2.40. The third-order valence-corrected chi connectivity index (χ3v) is 0.288. The normalized spacial score (nSPS) is 7.60. The first kappa shape index (κ1) is 5.05. The number of hydrogen-bond donors (Lipinski definition) is 2. The lowest BCUT2D eigenvalue weighted by molar-refractivity contribution is 0.364. The molecule has 0 aliphatic heterocycles. The van der Waals surface area contributed by atoms with Gasteiger partial charge in [-0.3, -0.25) is 0 Å². The summed E-state index contributed by atoms with van der Waals surface area (Å²) in [5.41, 5.74) is 5.04. The average Bonchev–Trinajstić information content (AvgIpc) is 1.38. The van der Waals surface area contributed by atoms with Gasteiger partial charge in [-0.15, -0.1) is 0 Å². The van der Waals surface area contributed by atoms with E-state index in [0.29, 0.717) is 0 Å². The molecule has 0 heterocycles. The van der Waals surface area contributed by atoms with Gasteiger partial charge in [0.15, 0.2) is 0 Å². The van der Waals surface area contributed by atoms with E-state index in [2.05, 4.69) is 0 Å². The van der Waals surface area contributed by atoms with Gasteiger partial charge in [-0.05, 0) is 0 Å². The molecule has 0 unspecified atom stereocenters. The molecule has 0 aliphatic carbocycles. The van der Waals surface area contributed by atoms with E-state index in [0.717, 1.165) is 0 Å². The Balaban J connectivity index is 2.54. The average molecular weight is 70.7 g/mol. The minimum Gasteiger partial charge on any atom is -0.404 e. The maximum atomic E-state index is 8.02. The smallest absolute Gasteiger partial charge is 0.201 e. The van der Waals surface area contributed by atoms with E-state index in [-0.39, 0.29) is 13.2 Å². The van der Waals surface area contributed by atoms with Gasteiger partial charge in [-0.1, -0.05) is 0 Å². The van der Waals surface area contributed by atoms with Crippen LogP contribution in [0.15, 0.2) is 0 Å². The van der Waals surface area contributed by atoms with Crippen LogP contribution in [0.5, 0.6) is 0 Å². The van der Waals surface area contributed by atoms with Crippen LogP contribution in [0.1, 0.15) is 0 Å². The van der Waals surface area contributed by atoms with E-state index in [4.69, 9.17) is 10.8 Å². The van der Waals surface area contributed by atoms with E-state index < -0.39 is 0 Å². The van der Waals surface area contributed by atoms with Gasteiger partial charge in [0.1, 0.15) is 0 Å². The van der Waals surface area contributed by atoms with Crippen molar-refractivity contribution in [3.8, 4) is 0 Å². The molecule has 0 atom stereocenters. The Hall–Kier alpha value is 0.0499. The van der Waals surface area contributed by atoms with Crippen LogP contribution in [0.3, 0.4) is 0 Å². The summed E-state index contributed by atoms with van der Waals surface area (Å²) in [5, 5.41) is 8.02. The second-order valence-corrected chi connectivity index (χ2v) is 1.16. The van der Waals surface area contributed by atoms with Gasteiger partial charge in [0.25, 0.3) is 0 Å². The largest absolute Gasteiger partial charge is 0.404 e. The van der Waals surface area contributed by atoms with Gasteiger partial charge < -0.3 is 10.8 Å². The van der Waals surface area contributed by atoms with Gasteiger partial charge in [0, 0.05) is 6.51 Å². The highest BCUT2D eigenvalue weighted by Gasteiger charge is 1.90. The summed E-state index contributed by atoms with van der Waals surface area (Å²) in [5.74, 6) is 0. The Morgan fingerprint density at radius 3 is 2.20 bits per heavy atom. The van der Waals surface area contributed by atoms with Crippen LogP contribution in [-0.4, -0.2) is 26.1 Å². The minimum atomic E-state index is -0.0602. The lowest BCUT2D eigenvalue weighted by atomic mass is 9.45. The van der Waals surface area contributed by atoms with E-state index >= 15 is 0 Å². The fourth-order valence-corrected chi connectivity index (χ4v) is 0. The zero-order valence-corrected chi connectivity index (χ0v) is 3.31. The zero-order valence-electron chi connectivity index (χ0n) is 3.31. The molecular weight excluding hydrogens is 63.6 g/mol. The molecule has 0 saturated heterocycles. The molecule has 3 N–H and O–H groups in total. The maximum Gasteiger partial charge on any atom is 0.201 e. The van der Waals surface area contributed by atoms with E-state index in [1.807, 2.05) is 0 Å². The number of nitrogens with two attached hydrogens (primary N) is 1. The Bertz CT molecular complexity index is 23.6. The minimum absolute atomic E-state index is 0.0602. The van der Waals surface area contributed by atoms with Crippen LogP contribution in [0.2, 0.25) is 0 Å². The van der Waals surface area contributed by atoms with Crippen molar-refractivity contribution in [3.63, 3.8) is 0 Å². The lowest BCUT2D eigenvalue weighted by Crippen LogP contribution is -2.30. The number of aliphatic hydroxyl groups excluding tert-OH is 1. The summed E-state index contributed by atoms with van der Waals surface area (Å²) in [6, 6.07) is 0. The van der Waals surface area contributed by atoms with Gasteiger partial charge in [-0.2, -0.15) is 0 Å². The van der Waals surface area contributed by atoms with Crippen LogP contribution < -0.4 is 5.64 Å². The molecule has 0 rings (SSSR count). The summed E-state index contributed by atoms with van der Waals surface area (Å²) >= 11 is 0. The molecule has 0 spiro atoms. The molecule has 5 heavy (non-hydrogen) atoms. The lowest BCUT2D eigenvalue weighted by Gasteiger charge is -1.84. The fourth-order valence-electron chi connectivity index (χ4n) is 0. The highest BCUT2D eigenvalue weighted by atomic mass is 16.2. The molecule has 0 fully saturated rings. The van der Waals surface area contributed by atoms with Crippen molar-refractivity contribution < 1.29 is 5.11 Å². The summed E-state index contributed by atoms with van der Waals surface area (Å²) in [6.45, 7) is 0.0231. The van der Waals surface area contributed by atoms with Crippen molar-refractivity contribution in [3.05, 3.63) is 0 Å². The second-order valence-electron chi connectivity index (χ2n) is 1.16. The summed E-state index contributed by atoms with van der Waals surface area (Å²) < 4.78 is 0. The Labute approximate surface area is 32.9 Å². The van der Waals surface area contributed by atoms with Crippen LogP contribution >= 0.6 is 0 Å². The molecule has 0 saturated carbocycles. The van der Waals surface area contributed by atoms with E-state index in [9.17, 15) is 0 Å². The first-order chi connectivity index (χ1) is 2.27. The number of hydrogen-bond acceptors (Lipinski definition) is 2. The molecule has 0 amide bonds. The zero-order chi connectivity index (χ0) is 4.28. The Morgan fingerprint density at radius 2 is 2.20 bits per heavy atom. The van der Waals surface area contributed by atoms with Crippen molar-refractivity contribution >= 4 is 14.5 Å². The molecule has 4 heteroatoms. The molecule has 0 aromatic rings. The van der Waals surface area contributed by atoms with Crippen molar-refractivity contribution in [1.29, 1.82) is 0 Å². The third kappa shape index (κ3) is 4.05. The van der Waals surface area contributed by atoms with E-state index in [1.54, 1.807) is 7.74 Å². The summed E-state index contributed by atoms with van der Waals surface area (Å²) in [6.07, 6.45) is 0. The van der Waals surface area contributed by atoms with Crippen LogP contribution in [0.4, 0.5) is 0 Å². The van der Waals surface area contributed by atoms with E-state index in [1.165, 1.54) is 0 Å². The molecule has 0 aromatic heterocycles. The second kappa shape index (κ2) is 2.30. The third-order valence-electron chi connectivity index (χ3n) is 0.288. The predicted molar refractivity (Wildman–Crippen MR) is 25.6 cm³/mol. The summed E-state index contributed by atoms with van der Waals surface area (Å²) in [4.78, 5) is 0. The quantitative estimate of drug-likeness (QED) is 0.338. The highest BCUT2D eigenvalue weighted by Crippen LogP contribution is 1.47. The number of rotatable bonds is 1. The van der Waals surface area contributed by atoms with Gasteiger partial charge >= 0.3 is 0 Å². The maximum absolute atomic E-state index is 8.02.